The lowest BCUT2D eigenvalue weighted by molar-refractivity contribution is -0.113. The van der Waals surface area contributed by atoms with Gasteiger partial charge in [-0.2, -0.15) is 0 Å². The number of amides is 1. The number of carbonyl (C=O) groups is 1. The van der Waals surface area contributed by atoms with Crippen LogP contribution in [0, 0.1) is 6.92 Å². The fourth-order valence-corrected chi connectivity index (χ4v) is 2.60. The van der Waals surface area contributed by atoms with Gasteiger partial charge in [0.2, 0.25) is 0 Å². The molecule has 1 N–H and O–H groups in total. The second-order valence-electron chi connectivity index (χ2n) is 5.26. The summed E-state index contributed by atoms with van der Waals surface area (Å²) in [6.45, 7) is 2.01. The molecule has 0 unspecified atom stereocenters. The maximum absolute atomic E-state index is 12.5. The van der Waals surface area contributed by atoms with E-state index in [1.54, 1.807) is 6.08 Å². The van der Waals surface area contributed by atoms with Crippen molar-refractivity contribution in [2.75, 3.05) is 4.90 Å². The third-order valence-corrected chi connectivity index (χ3v) is 3.81. The number of hydrogen-bond donors (Lipinski definition) is 1. The number of anilines is 1. The zero-order valence-electron chi connectivity index (χ0n) is 12.7. The van der Waals surface area contributed by atoms with Gasteiger partial charge in [-0.3, -0.25) is 9.69 Å². The van der Waals surface area contributed by atoms with Gasteiger partial charge in [0.25, 0.3) is 5.91 Å². The average molecular weight is 320 g/mol. The number of benzene rings is 2. The van der Waals surface area contributed by atoms with Crippen LogP contribution in [0.4, 0.5) is 5.69 Å². The van der Waals surface area contributed by atoms with Crippen LogP contribution in [0.1, 0.15) is 11.1 Å². The summed E-state index contributed by atoms with van der Waals surface area (Å²) in [4.78, 5) is 14.0. The Balaban J connectivity index is 1.79. The Bertz CT molecular complexity index is 792. The molecule has 1 fully saturated rings. The third kappa shape index (κ3) is 3.38. The molecule has 1 saturated heterocycles. The monoisotopic (exact) mass is 320 g/mol. The SMILES string of the molecule is Cc1ccc(N2C(=O)/C(=C\C=C\c3ccccc3)NC2=S)cc1. The predicted octanol–water partition coefficient (Wildman–Crippen LogP) is 3.81. The number of aryl methyl sites for hydroxylation is 1. The van der Waals surface area contributed by atoms with E-state index >= 15 is 0 Å². The lowest BCUT2D eigenvalue weighted by Gasteiger charge is -2.13. The van der Waals surface area contributed by atoms with Crippen LogP contribution in [0.3, 0.4) is 0 Å². The molecule has 114 valence electrons. The first kappa shape index (κ1) is 15.2. The number of carbonyl (C=O) groups excluding carboxylic acids is 1. The molecule has 1 aliphatic rings. The number of rotatable bonds is 3. The molecule has 0 radical (unpaired) electrons. The fourth-order valence-electron chi connectivity index (χ4n) is 2.30. The van der Waals surface area contributed by atoms with E-state index in [4.69, 9.17) is 12.2 Å². The van der Waals surface area contributed by atoms with Crippen LogP contribution in [0.15, 0.2) is 72.4 Å². The van der Waals surface area contributed by atoms with E-state index in [1.807, 2.05) is 73.7 Å². The summed E-state index contributed by atoms with van der Waals surface area (Å²) in [7, 11) is 0. The van der Waals surface area contributed by atoms with Crippen molar-refractivity contribution in [2.45, 2.75) is 6.92 Å². The molecule has 0 aliphatic carbocycles. The van der Waals surface area contributed by atoms with Crippen LogP contribution >= 0.6 is 12.2 Å². The van der Waals surface area contributed by atoms with E-state index in [9.17, 15) is 4.79 Å². The molecular weight excluding hydrogens is 304 g/mol. The first-order chi connectivity index (χ1) is 11.1. The van der Waals surface area contributed by atoms with Crippen molar-refractivity contribution in [3.8, 4) is 0 Å². The molecule has 4 heteroatoms. The van der Waals surface area contributed by atoms with Gasteiger partial charge in [0.15, 0.2) is 5.11 Å². The Morgan fingerprint density at radius 3 is 2.43 bits per heavy atom. The summed E-state index contributed by atoms with van der Waals surface area (Å²) >= 11 is 5.28. The van der Waals surface area contributed by atoms with Gasteiger partial charge in [-0.25, -0.2) is 0 Å². The zero-order chi connectivity index (χ0) is 16.2. The fraction of sp³-hybridized carbons (Fsp3) is 0.0526. The van der Waals surface area contributed by atoms with Gasteiger partial charge in [0.05, 0.1) is 5.69 Å². The van der Waals surface area contributed by atoms with E-state index in [1.165, 1.54) is 4.90 Å². The number of hydrogen-bond acceptors (Lipinski definition) is 2. The topological polar surface area (TPSA) is 32.3 Å². The summed E-state index contributed by atoms with van der Waals surface area (Å²) < 4.78 is 0. The number of nitrogens with zero attached hydrogens (tertiary/aromatic N) is 1. The number of thiocarbonyl (C=S) groups is 1. The molecule has 2 aromatic carbocycles. The highest BCUT2D eigenvalue weighted by Gasteiger charge is 2.31. The molecule has 0 spiro atoms. The van der Waals surface area contributed by atoms with Gasteiger partial charge in [0, 0.05) is 0 Å². The minimum Gasteiger partial charge on any atom is -0.327 e. The Morgan fingerprint density at radius 2 is 1.74 bits per heavy atom. The quantitative estimate of drug-likeness (QED) is 0.689. The lowest BCUT2D eigenvalue weighted by atomic mass is 10.2. The lowest BCUT2D eigenvalue weighted by Crippen LogP contribution is -2.30. The van der Waals surface area contributed by atoms with E-state index in [0.29, 0.717) is 10.8 Å². The molecule has 3 nitrogen and oxygen atoms in total. The second-order valence-corrected chi connectivity index (χ2v) is 5.64. The molecule has 1 aliphatic heterocycles. The van der Waals surface area contributed by atoms with Crippen molar-refractivity contribution in [1.29, 1.82) is 0 Å². The average Bonchev–Trinajstić information content (AvgIpc) is 2.84. The highest BCUT2D eigenvalue weighted by molar-refractivity contribution is 7.80. The van der Waals surface area contributed by atoms with Crippen LogP contribution in [-0.2, 0) is 4.79 Å². The smallest absolute Gasteiger partial charge is 0.281 e. The van der Waals surface area contributed by atoms with Crippen molar-refractivity contribution in [3.63, 3.8) is 0 Å². The predicted molar refractivity (Wildman–Crippen MR) is 98.0 cm³/mol. The molecule has 0 bridgehead atoms. The molecule has 2 aromatic rings. The highest BCUT2D eigenvalue weighted by atomic mass is 32.1. The van der Waals surface area contributed by atoms with E-state index < -0.39 is 0 Å². The normalized spacial score (nSPS) is 16.4. The number of nitrogens with one attached hydrogen (secondary N) is 1. The van der Waals surface area contributed by atoms with Gasteiger partial charge in [-0.05, 0) is 42.9 Å². The third-order valence-electron chi connectivity index (χ3n) is 3.52. The zero-order valence-corrected chi connectivity index (χ0v) is 13.5. The maximum Gasteiger partial charge on any atom is 0.281 e. The summed E-state index contributed by atoms with van der Waals surface area (Å²) in [6, 6.07) is 17.6. The summed E-state index contributed by atoms with van der Waals surface area (Å²) in [5.41, 5.74) is 3.46. The van der Waals surface area contributed by atoms with Crippen molar-refractivity contribution in [2.24, 2.45) is 0 Å². The van der Waals surface area contributed by atoms with Crippen LogP contribution in [0.5, 0.6) is 0 Å². The van der Waals surface area contributed by atoms with Gasteiger partial charge in [0.1, 0.15) is 5.70 Å². The van der Waals surface area contributed by atoms with E-state index in [-0.39, 0.29) is 5.91 Å². The van der Waals surface area contributed by atoms with E-state index in [2.05, 4.69) is 5.32 Å². The van der Waals surface area contributed by atoms with Crippen LogP contribution in [0.25, 0.3) is 6.08 Å². The molecular formula is C19H16N2OS. The van der Waals surface area contributed by atoms with Gasteiger partial charge in [-0.15, -0.1) is 0 Å². The molecule has 23 heavy (non-hydrogen) atoms. The second kappa shape index (κ2) is 6.58. The first-order valence-corrected chi connectivity index (χ1v) is 7.71. The van der Waals surface area contributed by atoms with E-state index in [0.717, 1.165) is 16.8 Å². The first-order valence-electron chi connectivity index (χ1n) is 7.31. The minimum absolute atomic E-state index is 0.142. The van der Waals surface area contributed by atoms with Crippen molar-refractivity contribution < 1.29 is 4.79 Å². The van der Waals surface area contributed by atoms with Crippen molar-refractivity contribution in [1.82, 2.24) is 5.32 Å². The molecule has 1 heterocycles. The van der Waals surface area contributed by atoms with Gasteiger partial charge in [-0.1, -0.05) is 60.2 Å². The van der Waals surface area contributed by atoms with Crippen molar-refractivity contribution >= 4 is 35.0 Å². The number of allylic oxidation sites excluding steroid dienone is 2. The Hall–Kier alpha value is -2.72. The summed E-state index contributed by atoms with van der Waals surface area (Å²) in [6.07, 6.45) is 5.53. The van der Waals surface area contributed by atoms with Crippen molar-refractivity contribution in [3.05, 3.63) is 83.6 Å². The highest BCUT2D eigenvalue weighted by Crippen LogP contribution is 2.21. The largest absolute Gasteiger partial charge is 0.327 e. The molecule has 0 aromatic heterocycles. The Labute approximate surface area is 140 Å². The van der Waals surface area contributed by atoms with Gasteiger partial charge < -0.3 is 5.32 Å². The van der Waals surface area contributed by atoms with Crippen LogP contribution in [-0.4, -0.2) is 11.0 Å². The molecule has 0 atom stereocenters. The minimum atomic E-state index is -0.142. The maximum atomic E-state index is 12.5. The van der Waals surface area contributed by atoms with Crippen LogP contribution in [0.2, 0.25) is 0 Å². The Kier molecular flexibility index (Phi) is 4.35. The van der Waals surface area contributed by atoms with Gasteiger partial charge >= 0.3 is 0 Å². The molecule has 3 rings (SSSR count). The Morgan fingerprint density at radius 1 is 1.04 bits per heavy atom. The van der Waals surface area contributed by atoms with Crippen LogP contribution < -0.4 is 10.2 Å². The summed E-state index contributed by atoms with van der Waals surface area (Å²) in [5, 5.41) is 3.37. The standard InChI is InChI=1S/C19H16N2OS/c1-14-10-12-16(13-11-14)21-18(22)17(20-19(21)23)9-5-8-15-6-3-2-4-7-15/h2-13H,1H3,(H,20,23)/b8-5+,17-9+. The molecule has 0 saturated carbocycles. The molecule has 1 amide bonds. The summed E-state index contributed by atoms with van der Waals surface area (Å²) in [5.74, 6) is -0.142.